The van der Waals surface area contributed by atoms with E-state index in [-0.39, 0.29) is 18.7 Å². The summed E-state index contributed by atoms with van der Waals surface area (Å²) in [4.78, 5) is 11.0. The first-order valence-electron chi connectivity index (χ1n) is 9.17. The SMILES string of the molecule is C=CCCCCCCCCCCC(O)CC(CCO)OC(C)=O. The molecule has 0 saturated carbocycles. The van der Waals surface area contributed by atoms with E-state index in [4.69, 9.17) is 9.84 Å². The van der Waals surface area contributed by atoms with E-state index >= 15 is 0 Å². The largest absolute Gasteiger partial charge is 0.462 e. The van der Waals surface area contributed by atoms with Crippen molar-refractivity contribution in [2.24, 2.45) is 0 Å². The lowest BCUT2D eigenvalue weighted by atomic mass is 10.0. The number of carbonyl (C=O) groups is 1. The van der Waals surface area contributed by atoms with Crippen molar-refractivity contribution in [3.63, 3.8) is 0 Å². The van der Waals surface area contributed by atoms with Crippen molar-refractivity contribution < 1.29 is 19.7 Å². The molecule has 0 saturated heterocycles. The number of aliphatic hydroxyl groups excluding tert-OH is 2. The Kier molecular flexibility index (Phi) is 15.4. The second-order valence-electron chi connectivity index (χ2n) is 6.33. The molecule has 0 aromatic heterocycles. The Labute approximate surface area is 141 Å². The predicted molar refractivity (Wildman–Crippen MR) is 94.2 cm³/mol. The van der Waals surface area contributed by atoms with E-state index in [9.17, 15) is 9.90 Å². The van der Waals surface area contributed by atoms with E-state index in [1.807, 2.05) is 6.08 Å². The van der Waals surface area contributed by atoms with Gasteiger partial charge in [0, 0.05) is 26.4 Å². The van der Waals surface area contributed by atoms with Crippen molar-refractivity contribution in [3.8, 4) is 0 Å². The van der Waals surface area contributed by atoms with Crippen molar-refractivity contribution in [2.75, 3.05) is 6.61 Å². The first kappa shape index (κ1) is 22.1. The second kappa shape index (κ2) is 16.0. The number of aliphatic hydroxyl groups is 2. The van der Waals surface area contributed by atoms with Crippen molar-refractivity contribution in [2.45, 2.75) is 96.2 Å². The molecular weight excluding hydrogens is 292 g/mol. The fourth-order valence-electron chi connectivity index (χ4n) is 2.75. The molecule has 0 radical (unpaired) electrons. The van der Waals surface area contributed by atoms with Crippen molar-refractivity contribution in [1.29, 1.82) is 0 Å². The van der Waals surface area contributed by atoms with Crippen LogP contribution in [0, 0.1) is 0 Å². The van der Waals surface area contributed by atoms with Crippen LogP contribution in [0.4, 0.5) is 0 Å². The molecule has 0 aliphatic heterocycles. The van der Waals surface area contributed by atoms with E-state index in [2.05, 4.69) is 6.58 Å². The first-order chi connectivity index (χ1) is 11.1. The minimum Gasteiger partial charge on any atom is -0.462 e. The zero-order chi connectivity index (χ0) is 17.3. The summed E-state index contributed by atoms with van der Waals surface area (Å²) < 4.78 is 5.10. The van der Waals surface area contributed by atoms with Crippen molar-refractivity contribution in [3.05, 3.63) is 12.7 Å². The average molecular weight is 328 g/mol. The van der Waals surface area contributed by atoms with Crippen LogP contribution in [0.5, 0.6) is 0 Å². The first-order valence-corrected chi connectivity index (χ1v) is 9.17. The fraction of sp³-hybridized carbons (Fsp3) is 0.842. The Bertz CT molecular complexity index is 291. The number of ether oxygens (including phenoxy) is 1. The molecule has 136 valence electrons. The van der Waals surface area contributed by atoms with Crippen LogP contribution in [0.2, 0.25) is 0 Å². The molecule has 4 nitrogen and oxygen atoms in total. The van der Waals surface area contributed by atoms with Gasteiger partial charge in [-0.2, -0.15) is 0 Å². The maximum atomic E-state index is 11.0. The summed E-state index contributed by atoms with van der Waals surface area (Å²) in [6, 6.07) is 0. The van der Waals surface area contributed by atoms with Gasteiger partial charge in [0.1, 0.15) is 6.10 Å². The molecule has 0 heterocycles. The number of carbonyl (C=O) groups excluding carboxylic acids is 1. The summed E-state index contributed by atoms with van der Waals surface area (Å²) in [5.74, 6) is -0.358. The molecule has 0 aliphatic carbocycles. The van der Waals surface area contributed by atoms with Gasteiger partial charge in [-0.3, -0.25) is 4.79 Å². The molecule has 0 bridgehead atoms. The molecular formula is C19H36O4. The van der Waals surface area contributed by atoms with Gasteiger partial charge in [0.25, 0.3) is 0 Å². The summed E-state index contributed by atoms with van der Waals surface area (Å²) in [6.07, 6.45) is 13.6. The second-order valence-corrected chi connectivity index (χ2v) is 6.33. The highest BCUT2D eigenvalue weighted by Gasteiger charge is 2.16. The molecule has 0 amide bonds. The highest BCUT2D eigenvalue weighted by molar-refractivity contribution is 5.66. The Morgan fingerprint density at radius 1 is 1.04 bits per heavy atom. The lowest BCUT2D eigenvalue weighted by Crippen LogP contribution is -2.24. The maximum Gasteiger partial charge on any atom is 0.302 e. The van der Waals surface area contributed by atoms with E-state index < -0.39 is 6.10 Å². The predicted octanol–water partition coefficient (Wildman–Crippen LogP) is 4.14. The van der Waals surface area contributed by atoms with Gasteiger partial charge < -0.3 is 14.9 Å². The third-order valence-corrected chi connectivity index (χ3v) is 4.01. The number of hydrogen-bond acceptors (Lipinski definition) is 4. The van der Waals surface area contributed by atoms with Gasteiger partial charge in [-0.25, -0.2) is 0 Å². The van der Waals surface area contributed by atoms with Crippen LogP contribution in [-0.4, -0.2) is 35.0 Å². The molecule has 0 rings (SSSR count). The Morgan fingerprint density at radius 2 is 1.61 bits per heavy atom. The van der Waals surface area contributed by atoms with Crippen molar-refractivity contribution >= 4 is 5.97 Å². The molecule has 2 unspecified atom stereocenters. The Morgan fingerprint density at radius 3 is 2.13 bits per heavy atom. The summed E-state index contributed by atoms with van der Waals surface area (Å²) >= 11 is 0. The third-order valence-electron chi connectivity index (χ3n) is 4.01. The third kappa shape index (κ3) is 15.8. The zero-order valence-corrected chi connectivity index (χ0v) is 14.8. The van der Waals surface area contributed by atoms with Crippen LogP contribution in [0.1, 0.15) is 84.0 Å². The summed E-state index contributed by atoms with van der Waals surface area (Å²) in [7, 11) is 0. The monoisotopic (exact) mass is 328 g/mol. The fourth-order valence-corrected chi connectivity index (χ4v) is 2.75. The van der Waals surface area contributed by atoms with Crippen molar-refractivity contribution in [1.82, 2.24) is 0 Å². The average Bonchev–Trinajstić information content (AvgIpc) is 2.48. The Balaban J connectivity index is 3.52. The number of rotatable bonds is 16. The van der Waals surface area contributed by atoms with Crippen LogP contribution in [0.15, 0.2) is 12.7 Å². The molecule has 4 heteroatoms. The van der Waals surface area contributed by atoms with E-state index in [1.54, 1.807) is 0 Å². The quantitative estimate of drug-likeness (QED) is 0.254. The number of esters is 1. The van der Waals surface area contributed by atoms with Crippen LogP contribution in [0.3, 0.4) is 0 Å². The van der Waals surface area contributed by atoms with Crippen LogP contribution >= 0.6 is 0 Å². The molecule has 2 atom stereocenters. The topological polar surface area (TPSA) is 66.8 Å². The molecule has 0 aliphatic rings. The van der Waals surface area contributed by atoms with Crippen LogP contribution in [0.25, 0.3) is 0 Å². The number of hydrogen-bond donors (Lipinski definition) is 2. The maximum absolute atomic E-state index is 11.0. The molecule has 0 spiro atoms. The van der Waals surface area contributed by atoms with E-state index in [1.165, 1.54) is 45.4 Å². The molecule has 0 aromatic rings. The van der Waals surface area contributed by atoms with Crippen LogP contribution < -0.4 is 0 Å². The van der Waals surface area contributed by atoms with Gasteiger partial charge in [0.05, 0.1) is 6.10 Å². The van der Waals surface area contributed by atoms with Gasteiger partial charge in [0.15, 0.2) is 0 Å². The zero-order valence-electron chi connectivity index (χ0n) is 14.8. The standard InChI is InChI=1S/C19H36O4/c1-3-4-5-6-7-8-9-10-11-12-13-18(22)16-19(14-15-20)23-17(2)21/h3,18-20,22H,1,4-16H2,2H3. The minimum atomic E-state index is -0.454. The van der Waals surface area contributed by atoms with E-state index in [0.717, 1.165) is 25.7 Å². The molecule has 0 fully saturated rings. The lowest BCUT2D eigenvalue weighted by molar-refractivity contribution is -0.148. The summed E-state index contributed by atoms with van der Waals surface area (Å²) in [5.41, 5.74) is 0. The smallest absolute Gasteiger partial charge is 0.302 e. The molecule has 0 aromatic carbocycles. The molecule has 2 N–H and O–H groups in total. The van der Waals surface area contributed by atoms with Crippen LogP contribution in [-0.2, 0) is 9.53 Å². The summed E-state index contributed by atoms with van der Waals surface area (Å²) in [6.45, 7) is 5.05. The van der Waals surface area contributed by atoms with Gasteiger partial charge >= 0.3 is 5.97 Å². The summed E-state index contributed by atoms with van der Waals surface area (Å²) in [5, 5.41) is 19.0. The number of unbranched alkanes of at least 4 members (excludes halogenated alkanes) is 8. The van der Waals surface area contributed by atoms with E-state index in [0.29, 0.717) is 12.8 Å². The highest BCUT2D eigenvalue weighted by atomic mass is 16.5. The van der Waals surface area contributed by atoms with Gasteiger partial charge in [0.2, 0.25) is 0 Å². The van der Waals surface area contributed by atoms with Gasteiger partial charge in [-0.15, -0.1) is 6.58 Å². The number of allylic oxidation sites excluding steroid dienone is 1. The highest BCUT2D eigenvalue weighted by Crippen LogP contribution is 2.15. The Hall–Kier alpha value is -0.870. The van der Waals surface area contributed by atoms with Gasteiger partial charge in [-0.05, 0) is 19.3 Å². The lowest BCUT2D eigenvalue weighted by Gasteiger charge is -2.19. The normalized spacial score (nSPS) is 13.5. The molecule has 23 heavy (non-hydrogen) atoms. The minimum absolute atomic E-state index is 0.0303. The van der Waals surface area contributed by atoms with Gasteiger partial charge in [-0.1, -0.05) is 51.0 Å².